The van der Waals surface area contributed by atoms with Crippen molar-refractivity contribution in [3.63, 3.8) is 0 Å². The van der Waals surface area contributed by atoms with Gasteiger partial charge in [0.2, 0.25) is 21.8 Å². The number of carbonyl (C=O) groups is 2. The van der Waals surface area contributed by atoms with Gasteiger partial charge in [-0.3, -0.25) is 19.4 Å². The molecule has 1 aromatic rings. The molecule has 2 fully saturated rings. The van der Waals surface area contributed by atoms with Crippen LogP contribution in [-0.4, -0.2) is 67.2 Å². The molecule has 7 nitrogen and oxygen atoms in total. The third-order valence-electron chi connectivity index (χ3n) is 5.67. The topological polar surface area (TPSA) is 78.0 Å². The fourth-order valence-electron chi connectivity index (χ4n) is 3.58. The van der Waals surface area contributed by atoms with Gasteiger partial charge in [-0.2, -0.15) is 4.31 Å². The van der Waals surface area contributed by atoms with E-state index in [2.05, 4.69) is 0 Å². The third kappa shape index (κ3) is 4.23. The number of nitrogens with zero attached hydrogens (tertiary/aromatic N) is 3. The summed E-state index contributed by atoms with van der Waals surface area (Å²) >= 11 is 0. The molecule has 0 aliphatic carbocycles. The Morgan fingerprint density at radius 1 is 0.963 bits per heavy atom. The number of hydrogen-bond acceptors (Lipinski definition) is 5. The van der Waals surface area contributed by atoms with Crippen molar-refractivity contribution in [3.05, 3.63) is 30.3 Å². The Balaban J connectivity index is 1.59. The number of imide groups is 1. The van der Waals surface area contributed by atoms with Crippen LogP contribution in [0, 0.1) is 5.41 Å². The predicted octanol–water partition coefficient (Wildman–Crippen LogP) is 1.52. The average Bonchev–Trinajstić information content (AvgIpc) is 2.66. The maximum atomic E-state index is 12.7. The lowest BCUT2D eigenvalue weighted by Gasteiger charge is -2.40. The molecule has 0 spiro atoms. The summed E-state index contributed by atoms with van der Waals surface area (Å²) in [6, 6.07) is 8.39. The number of rotatable bonds is 5. The monoisotopic (exact) mass is 393 g/mol. The molecule has 2 heterocycles. The highest BCUT2D eigenvalue weighted by atomic mass is 32.2. The van der Waals surface area contributed by atoms with E-state index in [1.165, 1.54) is 9.21 Å². The summed E-state index contributed by atoms with van der Waals surface area (Å²) in [5, 5.41) is 0. The van der Waals surface area contributed by atoms with Gasteiger partial charge in [-0.25, -0.2) is 8.42 Å². The van der Waals surface area contributed by atoms with E-state index >= 15 is 0 Å². The van der Waals surface area contributed by atoms with E-state index in [9.17, 15) is 18.0 Å². The van der Waals surface area contributed by atoms with Crippen molar-refractivity contribution in [2.45, 2.75) is 38.0 Å². The molecule has 3 rings (SSSR count). The van der Waals surface area contributed by atoms with Crippen LogP contribution < -0.4 is 0 Å². The summed E-state index contributed by atoms with van der Waals surface area (Å²) in [4.78, 5) is 28.5. The van der Waals surface area contributed by atoms with Crippen LogP contribution in [0.4, 0.5) is 0 Å². The number of piperidine rings is 1. The molecule has 148 valence electrons. The van der Waals surface area contributed by atoms with Crippen LogP contribution in [0.2, 0.25) is 0 Å². The highest BCUT2D eigenvalue weighted by Gasteiger charge is 2.40. The van der Waals surface area contributed by atoms with Crippen LogP contribution in [0.3, 0.4) is 0 Å². The van der Waals surface area contributed by atoms with Gasteiger partial charge in [-0.05, 0) is 24.0 Å². The van der Waals surface area contributed by atoms with E-state index in [0.717, 1.165) is 6.42 Å². The van der Waals surface area contributed by atoms with Gasteiger partial charge in [-0.1, -0.05) is 32.0 Å². The van der Waals surface area contributed by atoms with Crippen LogP contribution in [0.5, 0.6) is 0 Å². The second kappa shape index (κ2) is 7.69. The van der Waals surface area contributed by atoms with E-state index in [-0.39, 0.29) is 23.9 Å². The SMILES string of the molecule is CCC1(C)CC(=O)N(CN2CCN(S(=O)(=O)c3ccccc3)CC2)C(=O)C1. The summed E-state index contributed by atoms with van der Waals surface area (Å²) in [7, 11) is -3.50. The Bertz CT molecular complexity index is 784. The number of amides is 2. The minimum Gasteiger partial charge on any atom is -0.283 e. The molecule has 0 atom stereocenters. The number of likely N-dealkylation sites (tertiary alicyclic amines) is 1. The van der Waals surface area contributed by atoms with Crippen molar-refractivity contribution in [1.82, 2.24) is 14.1 Å². The first-order valence-electron chi connectivity index (χ1n) is 9.36. The Morgan fingerprint density at radius 2 is 1.52 bits per heavy atom. The lowest BCUT2D eigenvalue weighted by molar-refractivity contribution is -0.156. The Morgan fingerprint density at radius 3 is 2.04 bits per heavy atom. The van der Waals surface area contributed by atoms with E-state index in [1.54, 1.807) is 30.3 Å². The first kappa shape index (κ1) is 20.0. The van der Waals surface area contributed by atoms with Gasteiger partial charge in [0.15, 0.2) is 0 Å². The molecule has 0 N–H and O–H groups in total. The minimum absolute atomic E-state index is 0.130. The van der Waals surface area contributed by atoms with Crippen molar-refractivity contribution in [1.29, 1.82) is 0 Å². The summed E-state index contributed by atoms with van der Waals surface area (Å²) in [6.07, 6.45) is 1.57. The summed E-state index contributed by atoms with van der Waals surface area (Å²) in [6.45, 7) is 5.91. The Labute approximate surface area is 161 Å². The molecule has 0 radical (unpaired) electrons. The average molecular weight is 394 g/mol. The number of piperazine rings is 1. The van der Waals surface area contributed by atoms with Gasteiger partial charge in [-0.15, -0.1) is 0 Å². The van der Waals surface area contributed by atoms with Crippen LogP contribution in [0.15, 0.2) is 35.2 Å². The Hall–Kier alpha value is -1.77. The van der Waals surface area contributed by atoms with Gasteiger partial charge in [0, 0.05) is 39.0 Å². The molecule has 0 bridgehead atoms. The van der Waals surface area contributed by atoms with E-state index < -0.39 is 10.0 Å². The van der Waals surface area contributed by atoms with Gasteiger partial charge < -0.3 is 0 Å². The predicted molar refractivity (Wildman–Crippen MR) is 101 cm³/mol. The zero-order chi connectivity index (χ0) is 19.7. The maximum absolute atomic E-state index is 12.7. The first-order valence-corrected chi connectivity index (χ1v) is 10.8. The number of hydrogen-bond donors (Lipinski definition) is 0. The molecule has 2 aliphatic heterocycles. The molecule has 1 aromatic carbocycles. The normalized spacial score (nSPS) is 22.2. The molecule has 0 saturated carbocycles. The zero-order valence-electron chi connectivity index (χ0n) is 15.9. The summed E-state index contributed by atoms with van der Waals surface area (Å²) < 4.78 is 26.8. The molecular weight excluding hydrogens is 366 g/mol. The number of carbonyl (C=O) groups excluding carboxylic acids is 2. The van der Waals surface area contributed by atoms with Gasteiger partial charge >= 0.3 is 0 Å². The molecule has 0 unspecified atom stereocenters. The molecular formula is C19H27N3O4S. The first-order chi connectivity index (χ1) is 12.7. The molecule has 2 aliphatic rings. The van der Waals surface area contributed by atoms with E-state index in [1.807, 2.05) is 18.7 Å². The van der Waals surface area contributed by atoms with Gasteiger partial charge in [0.05, 0.1) is 11.6 Å². The summed E-state index contributed by atoms with van der Waals surface area (Å²) in [5.41, 5.74) is -0.243. The molecule has 27 heavy (non-hydrogen) atoms. The summed E-state index contributed by atoms with van der Waals surface area (Å²) in [5.74, 6) is -0.259. The fourth-order valence-corrected chi connectivity index (χ4v) is 5.03. The largest absolute Gasteiger partial charge is 0.283 e. The smallest absolute Gasteiger partial charge is 0.243 e. The standard InChI is InChI=1S/C19H27N3O4S/c1-3-19(2)13-17(23)22(18(24)14-19)15-20-9-11-21(12-10-20)27(25,26)16-7-5-4-6-8-16/h4-8H,3,9-15H2,1-2H3. The zero-order valence-corrected chi connectivity index (χ0v) is 16.7. The molecule has 2 amide bonds. The second-order valence-electron chi connectivity index (χ2n) is 7.71. The number of benzene rings is 1. The lowest BCUT2D eigenvalue weighted by Crippen LogP contribution is -2.55. The van der Waals surface area contributed by atoms with Crippen LogP contribution in [0.25, 0.3) is 0 Å². The van der Waals surface area contributed by atoms with Crippen molar-refractivity contribution in [3.8, 4) is 0 Å². The van der Waals surface area contributed by atoms with Crippen molar-refractivity contribution < 1.29 is 18.0 Å². The molecule has 8 heteroatoms. The quantitative estimate of drug-likeness (QED) is 0.709. The van der Waals surface area contributed by atoms with Gasteiger partial charge in [0.1, 0.15) is 0 Å². The maximum Gasteiger partial charge on any atom is 0.243 e. The van der Waals surface area contributed by atoms with Gasteiger partial charge in [0.25, 0.3) is 0 Å². The van der Waals surface area contributed by atoms with Crippen LogP contribution in [0.1, 0.15) is 33.1 Å². The second-order valence-corrected chi connectivity index (χ2v) is 9.65. The van der Waals surface area contributed by atoms with Crippen molar-refractivity contribution in [2.75, 3.05) is 32.8 Å². The third-order valence-corrected chi connectivity index (χ3v) is 7.58. The van der Waals surface area contributed by atoms with E-state index in [4.69, 9.17) is 0 Å². The lowest BCUT2D eigenvalue weighted by atomic mass is 9.77. The fraction of sp³-hybridized carbons (Fsp3) is 0.579. The van der Waals surface area contributed by atoms with Crippen molar-refractivity contribution >= 4 is 21.8 Å². The molecule has 0 aromatic heterocycles. The van der Waals surface area contributed by atoms with E-state index in [0.29, 0.717) is 43.9 Å². The van der Waals surface area contributed by atoms with Crippen LogP contribution in [-0.2, 0) is 19.6 Å². The Kier molecular flexibility index (Phi) is 5.69. The van der Waals surface area contributed by atoms with Crippen molar-refractivity contribution in [2.24, 2.45) is 5.41 Å². The highest BCUT2D eigenvalue weighted by molar-refractivity contribution is 7.89. The minimum atomic E-state index is -3.50. The van der Waals surface area contributed by atoms with Crippen LogP contribution >= 0.6 is 0 Å². The number of sulfonamides is 1. The molecule has 2 saturated heterocycles. The highest BCUT2D eigenvalue weighted by Crippen LogP contribution is 2.35.